The molecule has 0 saturated heterocycles. The lowest BCUT2D eigenvalue weighted by Crippen LogP contribution is -2.05. The Morgan fingerprint density at radius 1 is 1.04 bits per heavy atom. The van der Waals surface area contributed by atoms with Gasteiger partial charge in [0.1, 0.15) is 5.82 Å². The van der Waals surface area contributed by atoms with Crippen LogP contribution in [-0.2, 0) is 12.8 Å². The van der Waals surface area contributed by atoms with Gasteiger partial charge in [0.2, 0.25) is 0 Å². The molecule has 0 atom stereocenters. The molecule has 3 nitrogen and oxygen atoms in total. The minimum absolute atomic E-state index is 0.892. The van der Waals surface area contributed by atoms with Gasteiger partial charge in [-0.25, -0.2) is 4.68 Å². The predicted molar refractivity (Wildman–Crippen MR) is 94.5 cm³/mol. The number of aromatic nitrogens is 2. The number of benzene rings is 2. The summed E-state index contributed by atoms with van der Waals surface area (Å²) in [6, 6.07) is 17.1. The van der Waals surface area contributed by atoms with E-state index in [0.717, 1.165) is 25.1 Å². The van der Waals surface area contributed by atoms with Gasteiger partial charge in [0.05, 0.1) is 11.4 Å². The molecule has 0 fully saturated rings. The van der Waals surface area contributed by atoms with Gasteiger partial charge in [-0.15, -0.1) is 0 Å². The average molecular weight is 303 g/mol. The highest BCUT2D eigenvalue weighted by atomic mass is 15.3. The quantitative estimate of drug-likeness (QED) is 0.791. The number of nitrogens with one attached hydrogen (secondary N) is 1. The van der Waals surface area contributed by atoms with Crippen LogP contribution in [0.2, 0.25) is 0 Å². The summed E-state index contributed by atoms with van der Waals surface area (Å²) in [5.74, 6) is 1.17. The van der Waals surface area contributed by atoms with E-state index in [0.29, 0.717) is 0 Å². The summed E-state index contributed by atoms with van der Waals surface area (Å²) >= 11 is 0. The molecule has 0 amide bonds. The van der Waals surface area contributed by atoms with E-state index < -0.39 is 0 Å². The summed E-state index contributed by atoms with van der Waals surface area (Å²) in [4.78, 5) is 0. The predicted octanol–water partition coefficient (Wildman–Crippen LogP) is 4.05. The lowest BCUT2D eigenvalue weighted by Gasteiger charge is -2.08. The zero-order chi connectivity index (χ0) is 15.8. The molecule has 4 rings (SSSR count). The van der Waals surface area contributed by atoms with E-state index in [-0.39, 0.29) is 0 Å². The monoisotopic (exact) mass is 303 g/mol. The molecule has 0 saturated carbocycles. The minimum Gasteiger partial charge on any atom is -0.369 e. The van der Waals surface area contributed by atoms with Gasteiger partial charge in [-0.05, 0) is 49.1 Å². The van der Waals surface area contributed by atoms with Crippen LogP contribution in [0.5, 0.6) is 0 Å². The minimum atomic E-state index is 0.892. The Labute approximate surface area is 137 Å². The number of fused-ring (bicyclic) bond motifs is 1. The maximum atomic E-state index is 4.92. The number of hydrogen-bond acceptors (Lipinski definition) is 2. The summed E-state index contributed by atoms with van der Waals surface area (Å²) in [7, 11) is 0. The van der Waals surface area contributed by atoms with Gasteiger partial charge in [-0.3, -0.25) is 0 Å². The molecule has 3 aromatic rings. The van der Waals surface area contributed by atoms with Crippen LogP contribution >= 0.6 is 0 Å². The smallest absolute Gasteiger partial charge is 0.133 e. The molecular weight excluding hydrogens is 282 g/mol. The maximum absolute atomic E-state index is 4.92. The van der Waals surface area contributed by atoms with Crippen LogP contribution in [-0.4, -0.2) is 16.3 Å². The molecule has 1 aliphatic rings. The van der Waals surface area contributed by atoms with Crippen molar-refractivity contribution in [3.8, 4) is 5.69 Å². The Morgan fingerprint density at radius 2 is 1.87 bits per heavy atom. The molecule has 1 N–H and O–H groups in total. The molecule has 23 heavy (non-hydrogen) atoms. The molecule has 1 aliphatic heterocycles. The van der Waals surface area contributed by atoms with E-state index in [2.05, 4.69) is 72.4 Å². The molecule has 0 spiro atoms. The zero-order valence-electron chi connectivity index (χ0n) is 13.6. The molecule has 0 bridgehead atoms. The second-order valence-electron chi connectivity index (χ2n) is 6.29. The van der Waals surface area contributed by atoms with Crippen LogP contribution in [0.4, 0.5) is 5.82 Å². The van der Waals surface area contributed by atoms with Gasteiger partial charge in [0.15, 0.2) is 0 Å². The molecule has 2 heterocycles. The molecular formula is C20H21N3. The Balaban J connectivity index is 1.77. The van der Waals surface area contributed by atoms with E-state index in [9.17, 15) is 0 Å². The van der Waals surface area contributed by atoms with Gasteiger partial charge < -0.3 is 5.32 Å². The Morgan fingerprint density at radius 3 is 2.65 bits per heavy atom. The maximum Gasteiger partial charge on any atom is 0.133 e. The fourth-order valence-corrected chi connectivity index (χ4v) is 3.22. The molecule has 1 aromatic heterocycles. The topological polar surface area (TPSA) is 29.9 Å². The SMILES string of the molecule is Cc1ccc(-n2nc(Cc3ccccc3)c3c2NCC3)cc1C. The largest absolute Gasteiger partial charge is 0.369 e. The highest BCUT2D eigenvalue weighted by molar-refractivity contribution is 5.58. The summed E-state index contributed by atoms with van der Waals surface area (Å²) < 4.78 is 2.08. The van der Waals surface area contributed by atoms with Crippen LogP contribution in [0.25, 0.3) is 5.69 Å². The third kappa shape index (κ3) is 2.52. The van der Waals surface area contributed by atoms with Crippen molar-refractivity contribution >= 4 is 5.82 Å². The number of anilines is 1. The first-order valence-electron chi connectivity index (χ1n) is 8.18. The Kier molecular flexibility index (Phi) is 3.41. The van der Waals surface area contributed by atoms with Crippen molar-refractivity contribution < 1.29 is 0 Å². The number of aryl methyl sites for hydroxylation is 2. The van der Waals surface area contributed by atoms with Crippen molar-refractivity contribution in [3.05, 3.63) is 76.5 Å². The molecule has 0 unspecified atom stereocenters. The van der Waals surface area contributed by atoms with Gasteiger partial charge >= 0.3 is 0 Å². The first-order chi connectivity index (χ1) is 11.2. The van der Waals surface area contributed by atoms with E-state index in [4.69, 9.17) is 5.10 Å². The van der Waals surface area contributed by atoms with Gasteiger partial charge in [-0.2, -0.15) is 5.10 Å². The van der Waals surface area contributed by atoms with Crippen LogP contribution in [0, 0.1) is 13.8 Å². The lowest BCUT2D eigenvalue weighted by molar-refractivity contribution is 0.838. The van der Waals surface area contributed by atoms with E-state index >= 15 is 0 Å². The van der Waals surface area contributed by atoms with Crippen LogP contribution < -0.4 is 5.32 Å². The van der Waals surface area contributed by atoms with Gasteiger partial charge in [0, 0.05) is 18.5 Å². The van der Waals surface area contributed by atoms with Crippen molar-refractivity contribution in [3.63, 3.8) is 0 Å². The normalized spacial score (nSPS) is 13.0. The standard InChI is InChI=1S/C20H21N3/c1-14-8-9-17(12-15(14)2)23-20-18(10-11-21-20)19(22-23)13-16-6-4-3-5-7-16/h3-9,12,21H,10-11,13H2,1-2H3. The molecule has 3 heteroatoms. The molecule has 0 radical (unpaired) electrons. The van der Waals surface area contributed by atoms with Crippen molar-refractivity contribution in [2.75, 3.05) is 11.9 Å². The van der Waals surface area contributed by atoms with E-state index in [1.165, 1.54) is 33.8 Å². The summed E-state index contributed by atoms with van der Waals surface area (Å²) in [6.45, 7) is 5.30. The molecule has 0 aliphatic carbocycles. The van der Waals surface area contributed by atoms with Crippen molar-refractivity contribution in [2.45, 2.75) is 26.7 Å². The number of hydrogen-bond donors (Lipinski definition) is 1. The van der Waals surface area contributed by atoms with Crippen LogP contribution in [0.15, 0.2) is 48.5 Å². The van der Waals surface area contributed by atoms with Crippen LogP contribution in [0.1, 0.15) is 27.9 Å². The van der Waals surface area contributed by atoms with Crippen molar-refractivity contribution in [2.24, 2.45) is 0 Å². The third-order valence-electron chi connectivity index (χ3n) is 4.68. The highest BCUT2D eigenvalue weighted by Crippen LogP contribution is 2.30. The first-order valence-corrected chi connectivity index (χ1v) is 8.18. The van der Waals surface area contributed by atoms with Gasteiger partial charge in [0.25, 0.3) is 0 Å². The second kappa shape index (κ2) is 5.58. The fraction of sp³-hybridized carbons (Fsp3) is 0.250. The third-order valence-corrected chi connectivity index (χ3v) is 4.68. The summed E-state index contributed by atoms with van der Waals surface area (Å²) in [5.41, 5.74) is 7.62. The summed E-state index contributed by atoms with van der Waals surface area (Å²) in [5, 5.41) is 8.43. The first kappa shape index (κ1) is 14.1. The average Bonchev–Trinajstić information content (AvgIpc) is 3.15. The second-order valence-corrected chi connectivity index (χ2v) is 6.29. The fourth-order valence-electron chi connectivity index (χ4n) is 3.22. The zero-order valence-corrected chi connectivity index (χ0v) is 13.6. The number of rotatable bonds is 3. The molecule has 116 valence electrons. The Hall–Kier alpha value is -2.55. The van der Waals surface area contributed by atoms with Crippen molar-refractivity contribution in [1.82, 2.24) is 9.78 Å². The van der Waals surface area contributed by atoms with Crippen molar-refractivity contribution in [1.29, 1.82) is 0 Å². The molecule has 2 aromatic carbocycles. The van der Waals surface area contributed by atoms with E-state index in [1.54, 1.807) is 0 Å². The van der Waals surface area contributed by atoms with Gasteiger partial charge in [-0.1, -0.05) is 36.4 Å². The Bertz CT molecular complexity index is 847. The van der Waals surface area contributed by atoms with E-state index in [1.807, 2.05) is 0 Å². The van der Waals surface area contributed by atoms with Crippen LogP contribution in [0.3, 0.4) is 0 Å². The number of nitrogens with zero attached hydrogens (tertiary/aromatic N) is 2. The lowest BCUT2D eigenvalue weighted by atomic mass is 10.1. The highest BCUT2D eigenvalue weighted by Gasteiger charge is 2.23. The summed E-state index contributed by atoms with van der Waals surface area (Å²) in [6.07, 6.45) is 1.95.